The number of aromatic nitrogens is 2. The first-order valence-corrected chi connectivity index (χ1v) is 13.7. The van der Waals surface area contributed by atoms with E-state index in [1.807, 2.05) is 87.6 Å². The molecule has 2 aromatic heterocycles. The molecular weight excluding hydrogens is 498 g/mol. The zero-order valence-electron chi connectivity index (χ0n) is 22.4. The van der Waals surface area contributed by atoms with Gasteiger partial charge in [-0.3, -0.25) is 0 Å². The van der Waals surface area contributed by atoms with Crippen molar-refractivity contribution >= 4 is 17.4 Å². The third-order valence-corrected chi connectivity index (χ3v) is 6.99. The third kappa shape index (κ3) is 6.68. The Hall–Kier alpha value is -3.49. The summed E-state index contributed by atoms with van der Waals surface area (Å²) in [5, 5.41) is 12.8. The SMILES string of the molecule is CCCc1cnc(CN(CCc2cnc(C(O)(c3ccccc3)c3ccccc3)o2)C(=O)OC(C)(C)C)s1. The first kappa shape index (κ1) is 27.5. The highest BCUT2D eigenvalue weighted by atomic mass is 32.1. The molecule has 200 valence electrons. The summed E-state index contributed by atoms with van der Waals surface area (Å²) in [6, 6.07) is 18.7. The molecule has 0 saturated carbocycles. The smallest absolute Gasteiger partial charge is 0.410 e. The van der Waals surface area contributed by atoms with Crippen molar-refractivity contribution in [2.45, 2.75) is 64.7 Å². The summed E-state index contributed by atoms with van der Waals surface area (Å²) in [5.41, 5.74) is -0.863. The molecule has 0 bridgehead atoms. The van der Waals surface area contributed by atoms with Gasteiger partial charge >= 0.3 is 6.09 Å². The Bertz CT molecular complexity index is 1270. The number of hydrogen-bond acceptors (Lipinski definition) is 7. The van der Waals surface area contributed by atoms with E-state index in [0.29, 0.717) is 36.4 Å². The van der Waals surface area contributed by atoms with Crippen LogP contribution in [0, 0.1) is 0 Å². The number of hydrogen-bond donors (Lipinski definition) is 1. The van der Waals surface area contributed by atoms with Crippen molar-refractivity contribution in [3.63, 3.8) is 0 Å². The number of aliphatic hydroxyl groups is 1. The second kappa shape index (κ2) is 11.9. The first-order chi connectivity index (χ1) is 18.2. The Balaban J connectivity index is 1.56. The molecule has 1 N–H and O–H groups in total. The topological polar surface area (TPSA) is 88.7 Å². The van der Waals surface area contributed by atoms with Crippen molar-refractivity contribution in [2.75, 3.05) is 6.54 Å². The fourth-order valence-corrected chi connectivity index (χ4v) is 5.16. The molecule has 4 rings (SSSR count). The van der Waals surface area contributed by atoms with Gasteiger partial charge in [0, 0.05) is 24.0 Å². The number of amides is 1. The number of ether oxygens (including phenoxy) is 1. The molecule has 0 fully saturated rings. The van der Waals surface area contributed by atoms with Gasteiger partial charge in [-0.1, -0.05) is 74.0 Å². The van der Waals surface area contributed by atoms with E-state index in [-0.39, 0.29) is 5.89 Å². The molecular formula is C30H35N3O4S. The summed E-state index contributed by atoms with van der Waals surface area (Å²) < 4.78 is 11.8. The zero-order valence-corrected chi connectivity index (χ0v) is 23.2. The summed E-state index contributed by atoms with van der Waals surface area (Å²) in [4.78, 5) is 24.9. The summed E-state index contributed by atoms with van der Waals surface area (Å²) in [7, 11) is 0. The summed E-state index contributed by atoms with van der Waals surface area (Å²) in [6.07, 6.45) is 5.50. The maximum atomic E-state index is 13.0. The highest BCUT2D eigenvalue weighted by Gasteiger charge is 2.38. The molecule has 8 heteroatoms. The lowest BCUT2D eigenvalue weighted by molar-refractivity contribution is 0.0232. The number of thiazole rings is 1. The second-order valence-corrected chi connectivity index (χ2v) is 11.4. The van der Waals surface area contributed by atoms with Crippen LogP contribution in [0.4, 0.5) is 4.79 Å². The van der Waals surface area contributed by atoms with Crippen LogP contribution in [0.25, 0.3) is 0 Å². The van der Waals surface area contributed by atoms with E-state index in [4.69, 9.17) is 9.15 Å². The van der Waals surface area contributed by atoms with Crippen LogP contribution in [-0.2, 0) is 29.7 Å². The van der Waals surface area contributed by atoms with Gasteiger partial charge in [-0.15, -0.1) is 11.3 Å². The first-order valence-electron chi connectivity index (χ1n) is 12.9. The average molecular weight is 534 g/mol. The molecule has 4 aromatic rings. The van der Waals surface area contributed by atoms with E-state index in [0.717, 1.165) is 17.8 Å². The van der Waals surface area contributed by atoms with Gasteiger partial charge < -0.3 is 19.2 Å². The minimum absolute atomic E-state index is 0.179. The van der Waals surface area contributed by atoms with Crippen LogP contribution < -0.4 is 0 Å². The fourth-order valence-electron chi connectivity index (χ4n) is 4.12. The number of nitrogens with zero attached hydrogens (tertiary/aromatic N) is 3. The predicted molar refractivity (Wildman–Crippen MR) is 148 cm³/mol. The van der Waals surface area contributed by atoms with Crippen LogP contribution in [0.2, 0.25) is 0 Å². The molecule has 2 heterocycles. The summed E-state index contributed by atoms with van der Waals surface area (Å²) in [5.74, 6) is 0.738. The second-order valence-electron chi connectivity index (χ2n) is 10.2. The quantitative estimate of drug-likeness (QED) is 0.256. The molecule has 0 aliphatic heterocycles. The van der Waals surface area contributed by atoms with Gasteiger partial charge in [-0.2, -0.15) is 0 Å². The van der Waals surface area contributed by atoms with Crippen molar-refractivity contribution in [3.8, 4) is 0 Å². The number of benzene rings is 2. The van der Waals surface area contributed by atoms with Gasteiger partial charge in [0.25, 0.3) is 0 Å². The molecule has 0 radical (unpaired) electrons. The number of rotatable bonds is 10. The Morgan fingerprint density at radius 1 is 0.974 bits per heavy atom. The minimum atomic E-state index is -1.55. The van der Waals surface area contributed by atoms with E-state index >= 15 is 0 Å². The van der Waals surface area contributed by atoms with Crippen molar-refractivity contribution < 1.29 is 19.1 Å². The van der Waals surface area contributed by atoms with Crippen molar-refractivity contribution in [1.29, 1.82) is 0 Å². The number of oxazole rings is 1. The molecule has 0 saturated heterocycles. The van der Waals surface area contributed by atoms with E-state index in [1.165, 1.54) is 4.88 Å². The van der Waals surface area contributed by atoms with Crippen LogP contribution in [0.5, 0.6) is 0 Å². The largest absolute Gasteiger partial charge is 0.444 e. The predicted octanol–water partition coefficient (Wildman–Crippen LogP) is 6.35. The molecule has 0 atom stereocenters. The van der Waals surface area contributed by atoms with Crippen LogP contribution in [0.1, 0.15) is 66.8 Å². The highest BCUT2D eigenvalue weighted by molar-refractivity contribution is 7.11. The van der Waals surface area contributed by atoms with Crippen molar-refractivity contribution in [2.24, 2.45) is 0 Å². The molecule has 2 aromatic carbocycles. The fraction of sp³-hybridized carbons (Fsp3) is 0.367. The lowest BCUT2D eigenvalue weighted by Crippen LogP contribution is -2.37. The van der Waals surface area contributed by atoms with Crippen LogP contribution in [0.3, 0.4) is 0 Å². The van der Waals surface area contributed by atoms with Crippen LogP contribution in [-0.4, -0.2) is 38.2 Å². The lowest BCUT2D eigenvalue weighted by atomic mass is 9.86. The van der Waals surface area contributed by atoms with Gasteiger partial charge in [-0.25, -0.2) is 14.8 Å². The third-order valence-electron chi connectivity index (χ3n) is 5.95. The Labute approximate surface area is 228 Å². The highest BCUT2D eigenvalue weighted by Crippen LogP contribution is 2.36. The zero-order chi connectivity index (χ0) is 27.2. The molecule has 7 nitrogen and oxygen atoms in total. The average Bonchev–Trinajstić information content (AvgIpc) is 3.56. The molecule has 0 spiro atoms. The standard InChI is InChI=1S/C30H35N3O4S/c1-5-12-25-20-31-26(38-25)21-33(28(34)37-29(2,3)4)18-17-24-19-32-27(36-24)30(35,22-13-8-6-9-14-22)23-15-10-7-11-16-23/h6-11,13-16,19-20,35H,5,12,17-18,21H2,1-4H3. The van der Waals surface area contributed by atoms with E-state index in [9.17, 15) is 9.90 Å². The molecule has 0 aliphatic carbocycles. The molecule has 0 aliphatic rings. The van der Waals surface area contributed by atoms with Gasteiger partial charge in [0.15, 0.2) is 5.60 Å². The Morgan fingerprint density at radius 2 is 1.61 bits per heavy atom. The van der Waals surface area contributed by atoms with Crippen molar-refractivity contribution in [1.82, 2.24) is 14.9 Å². The van der Waals surface area contributed by atoms with E-state index in [2.05, 4.69) is 16.9 Å². The molecule has 0 unspecified atom stereocenters. The molecule has 1 amide bonds. The van der Waals surface area contributed by atoms with Gasteiger partial charge in [0.2, 0.25) is 5.89 Å². The maximum Gasteiger partial charge on any atom is 0.410 e. The minimum Gasteiger partial charge on any atom is -0.444 e. The maximum absolute atomic E-state index is 13.0. The number of carbonyl (C=O) groups excluding carboxylic acids is 1. The normalized spacial score (nSPS) is 11.9. The monoisotopic (exact) mass is 533 g/mol. The summed E-state index contributed by atoms with van der Waals surface area (Å²) in [6.45, 7) is 8.38. The summed E-state index contributed by atoms with van der Waals surface area (Å²) >= 11 is 1.62. The Kier molecular flexibility index (Phi) is 8.64. The van der Waals surface area contributed by atoms with Gasteiger partial charge in [0.1, 0.15) is 16.4 Å². The molecule has 38 heavy (non-hydrogen) atoms. The van der Waals surface area contributed by atoms with Gasteiger partial charge in [0.05, 0.1) is 12.7 Å². The lowest BCUT2D eigenvalue weighted by Gasteiger charge is -2.27. The van der Waals surface area contributed by atoms with Crippen LogP contribution in [0.15, 0.2) is 77.5 Å². The van der Waals surface area contributed by atoms with E-state index < -0.39 is 17.3 Å². The number of aryl methyl sites for hydroxylation is 1. The van der Waals surface area contributed by atoms with Crippen LogP contribution >= 0.6 is 11.3 Å². The van der Waals surface area contributed by atoms with Gasteiger partial charge in [-0.05, 0) is 38.3 Å². The number of carbonyl (C=O) groups is 1. The Morgan fingerprint density at radius 3 is 2.18 bits per heavy atom. The van der Waals surface area contributed by atoms with E-state index in [1.54, 1.807) is 22.4 Å². The van der Waals surface area contributed by atoms with Crippen molar-refractivity contribution in [3.05, 3.63) is 106 Å².